The first kappa shape index (κ1) is 22.1. The lowest BCUT2D eigenvalue weighted by Gasteiger charge is -2.18. The van der Waals surface area contributed by atoms with Crippen molar-refractivity contribution in [2.75, 3.05) is 20.7 Å². The molecule has 4 rings (SSSR count). The molecule has 0 aliphatic carbocycles. The van der Waals surface area contributed by atoms with Crippen molar-refractivity contribution in [2.24, 2.45) is 0 Å². The second-order valence-corrected chi connectivity index (χ2v) is 7.80. The Balaban J connectivity index is 1.46. The van der Waals surface area contributed by atoms with Gasteiger partial charge in [-0.25, -0.2) is 9.48 Å². The van der Waals surface area contributed by atoms with E-state index in [1.807, 2.05) is 95.8 Å². The number of amides is 2. The Hall–Kier alpha value is -4.06. The molecule has 4 aromatic rings. The standard InChI is InChI=1S/C27H28N4O2/c1-30(27(32)28-18-17-21-11-9-10-16-25(21)33-2)19-23-20-31(24-14-7-4-8-15-24)29-26(23)22-12-5-3-6-13-22/h3-16,20H,17-19H2,1-2H3,(H,28,32). The van der Waals surface area contributed by atoms with Crippen LogP contribution in [0.15, 0.2) is 91.1 Å². The zero-order valence-electron chi connectivity index (χ0n) is 18.9. The van der Waals surface area contributed by atoms with Crippen molar-refractivity contribution in [3.05, 3.63) is 102 Å². The Morgan fingerprint density at radius 1 is 0.939 bits per heavy atom. The number of benzene rings is 3. The lowest BCUT2D eigenvalue weighted by atomic mass is 10.1. The molecule has 0 saturated carbocycles. The summed E-state index contributed by atoms with van der Waals surface area (Å²) in [4.78, 5) is 14.5. The van der Waals surface area contributed by atoms with Gasteiger partial charge in [-0.2, -0.15) is 5.10 Å². The van der Waals surface area contributed by atoms with Gasteiger partial charge in [0.25, 0.3) is 0 Å². The maximum Gasteiger partial charge on any atom is 0.317 e. The van der Waals surface area contributed by atoms with Crippen molar-refractivity contribution < 1.29 is 9.53 Å². The van der Waals surface area contributed by atoms with Crippen LogP contribution >= 0.6 is 0 Å². The zero-order chi connectivity index (χ0) is 23.0. The van der Waals surface area contributed by atoms with Crippen LogP contribution in [0.5, 0.6) is 5.75 Å². The third kappa shape index (κ3) is 5.41. The van der Waals surface area contributed by atoms with Gasteiger partial charge in [0.15, 0.2) is 0 Å². The molecule has 168 valence electrons. The molecule has 0 radical (unpaired) electrons. The summed E-state index contributed by atoms with van der Waals surface area (Å²) in [5.41, 5.74) is 4.91. The van der Waals surface area contributed by atoms with Crippen molar-refractivity contribution >= 4 is 6.03 Å². The van der Waals surface area contributed by atoms with Gasteiger partial charge < -0.3 is 15.0 Å². The summed E-state index contributed by atoms with van der Waals surface area (Å²) < 4.78 is 7.26. The number of hydrogen-bond acceptors (Lipinski definition) is 3. The number of nitrogens with zero attached hydrogens (tertiary/aromatic N) is 3. The summed E-state index contributed by atoms with van der Waals surface area (Å²) in [7, 11) is 3.46. The largest absolute Gasteiger partial charge is 0.496 e. The fourth-order valence-electron chi connectivity index (χ4n) is 3.75. The summed E-state index contributed by atoms with van der Waals surface area (Å²) >= 11 is 0. The van der Waals surface area contributed by atoms with Gasteiger partial charge in [-0.1, -0.05) is 66.7 Å². The molecule has 0 aliphatic heterocycles. The average molecular weight is 441 g/mol. The van der Waals surface area contributed by atoms with Crippen LogP contribution in [0.25, 0.3) is 16.9 Å². The van der Waals surface area contributed by atoms with Crippen molar-refractivity contribution in [3.8, 4) is 22.7 Å². The number of carbonyl (C=O) groups is 1. The van der Waals surface area contributed by atoms with E-state index in [9.17, 15) is 4.79 Å². The van der Waals surface area contributed by atoms with E-state index in [0.29, 0.717) is 19.5 Å². The van der Waals surface area contributed by atoms with E-state index in [4.69, 9.17) is 9.84 Å². The van der Waals surface area contributed by atoms with Crippen LogP contribution in [0.1, 0.15) is 11.1 Å². The molecule has 0 saturated heterocycles. The minimum absolute atomic E-state index is 0.128. The second-order valence-electron chi connectivity index (χ2n) is 7.80. The summed E-state index contributed by atoms with van der Waals surface area (Å²) in [5.74, 6) is 0.834. The highest BCUT2D eigenvalue weighted by Gasteiger charge is 2.16. The maximum absolute atomic E-state index is 12.8. The lowest BCUT2D eigenvalue weighted by Crippen LogP contribution is -2.37. The first-order valence-electron chi connectivity index (χ1n) is 11.0. The number of methoxy groups -OCH3 is 1. The van der Waals surface area contributed by atoms with Crippen LogP contribution in [0.3, 0.4) is 0 Å². The quantitative estimate of drug-likeness (QED) is 0.423. The van der Waals surface area contributed by atoms with Crippen LogP contribution < -0.4 is 10.1 Å². The highest BCUT2D eigenvalue weighted by molar-refractivity contribution is 5.74. The molecular weight excluding hydrogens is 412 g/mol. The predicted octanol–water partition coefficient (Wildman–Crippen LogP) is 4.93. The fraction of sp³-hybridized carbons (Fsp3) is 0.185. The van der Waals surface area contributed by atoms with E-state index < -0.39 is 0 Å². The number of urea groups is 1. The molecular formula is C27H28N4O2. The van der Waals surface area contributed by atoms with E-state index in [2.05, 4.69) is 5.32 Å². The molecule has 3 aromatic carbocycles. The van der Waals surface area contributed by atoms with Crippen LogP contribution in [-0.2, 0) is 13.0 Å². The normalized spacial score (nSPS) is 10.6. The lowest BCUT2D eigenvalue weighted by molar-refractivity contribution is 0.207. The Bertz CT molecular complexity index is 1190. The Morgan fingerprint density at radius 3 is 2.33 bits per heavy atom. The maximum atomic E-state index is 12.8. The van der Waals surface area contributed by atoms with Crippen LogP contribution in [0.4, 0.5) is 4.79 Å². The van der Waals surface area contributed by atoms with Gasteiger partial charge in [0.1, 0.15) is 5.75 Å². The zero-order valence-corrected chi connectivity index (χ0v) is 18.9. The number of aromatic nitrogens is 2. The molecule has 0 atom stereocenters. The molecule has 1 heterocycles. The Morgan fingerprint density at radius 2 is 1.61 bits per heavy atom. The summed E-state index contributed by atoms with van der Waals surface area (Å²) in [6.45, 7) is 0.968. The van der Waals surface area contributed by atoms with Crippen LogP contribution in [0.2, 0.25) is 0 Å². The molecule has 0 aliphatic rings. The molecule has 0 fully saturated rings. The average Bonchev–Trinajstić information content (AvgIpc) is 3.29. The molecule has 6 nitrogen and oxygen atoms in total. The Kier molecular flexibility index (Phi) is 7.05. The van der Waals surface area contributed by atoms with E-state index in [0.717, 1.165) is 33.8 Å². The summed E-state index contributed by atoms with van der Waals surface area (Å²) in [5, 5.41) is 7.83. The number of para-hydroxylation sites is 2. The molecule has 6 heteroatoms. The number of rotatable bonds is 8. The molecule has 0 spiro atoms. The number of nitrogens with one attached hydrogen (secondary N) is 1. The van der Waals surface area contributed by atoms with Gasteiger partial charge in [-0.05, 0) is 30.2 Å². The van der Waals surface area contributed by atoms with Gasteiger partial charge in [0.05, 0.1) is 25.0 Å². The van der Waals surface area contributed by atoms with Gasteiger partial charge in [-0.3, -0.25) is 0 Å². The predicted molar refractivity (Wildman–Crippen MR) is 131 cm³/mol. The van der Waals surface area contributed by atoms with Crippen LogP contribution in [0, 0.1) is 0 Å². The molecule has 33 heavy (non-hydrogen) atoms. The number of hydrogen-bond donors (Lipinski definition) is 1. The fourth-order valence-corrected chi connectivity index (χ4v) is 3.75. The number of ether oxygens (including phenoxy) is 1. The molecule has 2 amide bonds. The smallest absolute Gasteiger partial charge is 0.317 e. The monoisotopic (exact) mass is 440 g/mol. The van der Waals surface area contributed by atoms with Gasteiger partial charge in [0.2, 0.25) is 0 Å². The third-order valence-corrected chi connectivity index (χ3v) is 5.48. The van der Waals surface area contributed by atoms with Crippen molar-refractivity contribution in [3.63, 3.8) is 0 Å². The van der Waals surface area contributed by atoms with E-state index in [1.54, 1.807) is 19.1 Å². The first-order chi connectivity index (χ1) is 16.2. The minimum Gasteiger partial charge on any atom is -0.496 e. The first-order valence-corrected chi connectivity index (χ1v) is 11.0. The van der Waals surface area contributed by atoms with E-state index in [1.165, 1.54) is 0 Å². The van der Waals surface area contributed by atoms with Crippen molar-refractivity contribution in [2.45, 2.75) is 13.0 Å². The van der Waals surface area contributed by atoms with Gasteiger partial charge >= 0.3 is 6.03 Å². The van der Waals surface area contributed by atoms with Gasteiger partial charge in [-0.15, -0.1) is 0 Å². The molecule has 0 unspecified atom stereocenters. The third-order valence-electron chi connectivity index (χ3n) is 5.48. The molecule has 1 aromatic heterocycles. The van der Waals surface area contributed by atoms with Crippen LogP contribution in [-0.4, -0.2) is 41.4 Å². The van der Waals surface area contributed by atoms with E-state index in [-0.39, 0.29) is 6.03 Å². The minimum atomic E-state index is -0.128. The van der Waals surface area contributed by atoms with E-state index >= 15 is 0 Å². The Labute approximate surface area is 194 Å². The summed E-state index contributed by atoms with van der Waals surface area (Å²) in [6, 6.07) is 27.8. The molecule has 1 N–H and O–H groups in total. The SMILES string of the molecule is COc1ccccc1CCNC(=O)N(C)Cc1cn(-c2ccccc2)nc1-c1ccccc1. The second kappa shape index (κ2) is 10.5. The van der Waals surface area contributed by atoms with Gasteiger partial charge in [0, 0.05) is 30.9 Å². The topological polar surface area (TPSA) is 59.4 Å². The van der Waals surface area contributed by atoms with Crippen molar-refractivity contribution in [1.82, 2.24) is 20.0 Å². The van der Waals surface area contributed by atoms with Crippen molar-refractivity contribution in [1.29, 1.82) is 0 Å². The molecule has 0 bridgehead atoms. The highest BCUT2D eigenvalue weighted by Crippen LogP contribution is 2.24. The summed E-state index contributed by atoms with van der Waals surface area (Å²) in [6.07, 6.45) is 2.70. The number of carbonyl (C=O) groups excluding carboxylic acids is 1. The highest BCUT2D eigenvalue weighted by atomic mass is 16.5.